The first-order valence-electron chi connectivity index (χ1n) is 17.4. The van der Waals surface area contributed by atoms with Gasteiger partial charge < -0.3 is 20.8 Å². The summed E-state index contributed by atoms with van der Waals surface area (Å²) in [7, 11) is 0. The van der Waals surface area contributed by atoms with E-state index in [1.807, 2.05) is 67.1 Å². The third kappa shape index (κ3) is 6.89. The Balaban J connectivity index is 1.05. The highest BCUT2D eigenvalue weighted by atomic mass is 16.3. The zero-order chi connectivity index (χ0) is 34.1. The van der Waals surface area contributed by atoms with E-state index in [0.29, 0.717) is 35.9 Å². The van der Waals surface area contributed by atoms with Gasteiger partial charge in [0.15, 0.2) is 5.69 Å². The van der Waals surface area contributed by atoms with E-state index in [2.05, 4.69) is 25.4 Å². The summed E-state index contributed by atoms with van der Waals surface area (Å²) >= 11 is 0. The van der Waals surface area contributed by atoms with Crippen LogP contribution in [0, 0.1) is 13.8 Å². The second-order valence-corrected chi connectivity index (χ2v) is 13.6. The zero-order valence-electron chi connectivity index (χ0n) is 28.2. The third-order valence-corrected chi connectivity index (χ3v) is 10.4. The number of aliphatic hydroxyl groups excluding tert-OH is 2. The number of nitrogens with one attached hydrogen (secondary N) is 2. The number of fused-ring (bicyclic) bond motifs is 1. The van der Waals surface area contributed by atoms with Crippen LogP contribution in [0.4, 0.5) is 11.4 Å². The van der Waals surface area contributed by atoms with Crippen LogP contribution in [0.3, 0.4) is 0 Å². The van der Waals surface area contributed by atoms with Crippen LogP contribution in [-0.2, 0) is 13.1 Å². The highest BCUT2D eigenvalue weighted by Crippen LogP contribution is 2.37. The monoisotopic (exact) mass is 663 g/mol. The number of benzene rings is 2. The number of hydrogen-bond acceptors (Lipinski definition) is 8. The average Bonchev–Trinajstić information content (AvgIpc) is 3.87. The van der Waals surface area contributed by atoms with Crippen molar-refractivity contribution in [2.24, 2.45) is 0 Å². The molecule has 11 nitrogen and oxygen atoms in total. The van der Waals surface area contributed by atoms with Gasteiger partial charge in [0.25, 0.3) is 11.8 Å². The molecular formula is C38H45N7O4. The number of likely N-dealkylation sites (tertiary alicyclic amines) is 2. The number of aryl methyl sites for hydroxylation is 1. The van der Waals surface area contributed by atoms with E-state index in [4.69, 9.17) is 5.10 Å². The van der Waals surface area contributed by atoms with Gasteiger partial charge in [0.2, 0.25) is 0 Å². The van der Waals surface area contributed by atoms with Crippen LogP contribution in [0.2, 0.25) is 0 Å². The van der Waals surface area contributed by atoms with Gasteiger partial charge in [0.05, 0.1) is 24.4 Å². The van der Waals surface area contributed by atoms with Crippen LogP contribution in [-0.4, -0.2) is 85.0 Å². The van der Waals surface area contributed by atoms with Crippen LogP contribution in [0.25, 0.3) is 11.1 Å². The van der Waals surface area contributed by atoms with Gasteiger partial charge in [-0.1, -0.05) is 30.3 Å². The Hall–Kier alpha value is -4.42. The summed E-state index contributed by atoms with van der Waals surface area (Å²) in [6.45, 7) is 8.06. The molecule has 2 amide bonds. The first-order valence-corrected chi connectivity index (χ1v) is 17.4. The van der Waals surface area contributed by atoms with Crippen LogP contribution >= 0.6 is 0 Å². The number of nitrogens with zero attached hydrogens (tertiary/aromatic N) is 5. The first-order chi connectivity index (χ1) is 23.8. The lowest BCUT2D eigenvalue weighted by molar-refractivity contribution is 0.0999. The second-order valence-electron chi connectivity index (χ2n) is 13.6. The maximum Gasteiger partial charge on any atom is 0.276 e. The van der Waals surface area contributed by atoms with Gasteiger partial charge in [-0.2, -0.15) is 5.10 Å². The number of carbonyl (C=O) groups excluding carboxylic acids is 2. The quantitative estimate of drug-likeness (QED) is 0.198. The lowest BCUT2D eigenvalue weighted by Crippen LogP contribution is -2.38. The number of rotatable bonds is 9. The number of hydrogen-bond donors (Lipinski definition) is 4. The van der Waals surface area contributed by atoms with Crippen molar-refractivity contribution in [1.82, 2.24) is 24.6 Å². The van der Waals surface area contributed by atoms with Crippen LogP contribution in [0.5, 0.6) is 0 Å². The van der Waals surface area contributed by atoms with E-state index in [0.717, 1.165) is 85.2 Å². The molecule has 2 aromatic heterocycles. The van der Waals surface area contributed by atoms with E-state index in [9.17, 15) is 19.8 Å². The lowest BCUT2D eigenvalue weighted by Gasteiger charge is -2.35. The zero-order valence-corrected chi connectivity index (χ0v) is 28.2. The van der Waals surface area contributed by atoms with Gasteiger partial charge in [-0.3, -0.25) is 29.1 Å². The van der Waals surface area contributed by atoms with Crippen molar-refractivity contribution in [2.45, 2.75) is 77.2 Å². The van der Waals surface area contributed by atoms with Crippen LogP contribution < -0.4 is 10.6 Å². The van der Waals surface area contributed by atoms with Crippen molar-refractivity contribution >= 4 is 23.2 Å². The van der Waals surface area contributed by atoms with Gasteiger partial charge in [0.1, 0.15) is 5.69 Å². The summed E-state index contributed by atoms with van der Waals surface area (Å²) in [5.41, 5.74) is 7.88. The van der Waals surface area contributed by atoms with Crippen molar-refractivity contribution in [1.29, 1.82) is 0 Å². The highest BCUT2D eigenvalue weighted by molar-refractivity contribution is 6.05. The molecule has 0 radical (unpaired) electrons. The number of amides is 2. The average molecular weight is 664 g/mol. The Morgan fingerprint density at radius 3 is 2.18 bits per heavy atom. The summed E-state index contributed by atoms with van der Waals surface area (Å²) in [5, 5.41) is 30.5. The van der Waals surface area contributed by atoms with Crippen LogP contribution in [0.15, 0.2) is 60.8 Å². The maximum absolute atomic E-state index is 13.6. The fourth-order valence-corrected chi connectivity index (χ4v) is 7.74. The Morgan fingerprint density at radius 1 is 0.857 bits per heavy atom. The predicted molar refractivity (Wildman–Crippen MR) is 188 cm³/mol. The van der Waals surface area contributed by atoms with E-state index < -0.39 is 0 Å². The molecule has 0 aliphatic carbocycles. The Kier molecular flexibility index (Phi) is 9.59. The van der Waals surface area contributed by atoms with Gasteiger partial charge in [0, 0.05) is 49.8 Å². The molecule has 7 rings (SSSR count). The number of β-amino-alcohol motifs (C(OH)–C–C–N with tert-alkyl or cyclic N) is 1. The minimum Gasteiger partial charge on any atom is -0.395 e. The van der Waals surface area contributed by atoms with E-state index in [1.54, 1.807) is 12.3 Å². The number of anilines is 2. The smallest absolute Gasteiger partial charge is 0.276 e. The molecule has 3 atom stereocenters. The normalized spacial score (nSPS) is 21.1. The summed E-state index contributed by atoms with van der Waals surface area (Å²) in [6, 6.07) is 17.5. The molecular weight excluding hydrogens is 618 g/mol. The molecule has 0 bridgehead atoms. The standard InChI is InChI=1S/C38H45N7O4/c1-24-29(8-3-10-31(24)40-37(48)33-14-13-26(20-39-33)21-43-18-15-28(47)22-43)30-9-4-11-32(25(30)2)41-38(49)34-19-36-35(12-6-17-45(36)42-34)44-16-5-7-27(44)23-46/h3-4,8-11,13-14,19-20,27-28,35,46-47H,5-7,12,15-18,21-23H2,1-2H3,(H,40,48)(H,41,49)/t27-,28-,35-/m1/s1. The molecule has 0 spiro atoms. The minimum absolute atomic E-state index is 0.153. The summed E-state index contributed by atoms with van der Waals surface area (Å²) in [5.74, 6) is -0.543. The molecule has 0 saturated carbocycles. The summed E-state index contributed by atoms with van der Waals surface area (Å²) < 4.78 is 1.97. The SMILES string of the molecule is Cc1c(NC(=O)c2ccc(CN3CC[C@@H](O)C3)cn2)cccc1-c1cccc(NC(=O)c2cc3n(n2)CCC[C@H]3N2CCC[C@@H]2CO)c1C. The molecule has 0 unspecified atom stereocenters. The summed E-state index contributed by atoms with van der Waals surface area (Å²) in [4.78, 5) is 35.8. The molecule has 11 heteroatoms. The van der Waals surface area contributed by atoms with Crippen molar-refractivity contribution in [2.75, 3.05) is 36.9 Å². The number of aliphatic hydroxyl groups is 2. The number of carbonyl (C=O) groups is 2. The molecule has 2 aromatic carbocycles. The van der Waals surface area contributed by atoms with Crippen molar-refractivity contribution in [3.05, 3.63) is 94.6 Å². The molecule has 4 N–H and O–H groups in total. The Labute approximate surface area is 287 Å². The molecule has 2 fully saturated rings. The van der Waals surface area contributed by atoms with E-state index >= 15 is 0 Å². The molecule has 3 aliphatic heterocycles. The van der Waals surface area contributed by atoms with Gasteiger partial charge in [-0.15, -0.1) is 0 Å². The molecule has 5 heterocycles. The molecule has 2 saturated heterocycles. The molecule has 49 heavy (non-hydrogen) atoms. The van der Waals surface area contributed by atoms with E-state index in [1.165, 1.54) is 0 Å². The number of pyridine rings is 1. The van der Waals surface area contributed by atoms with Crippen molar-refractivity contribution in [3.8, 4) is 11.1 Å². The van der Waals surface area contributed by atoms with Gasteiger partial charge >= 0.3 is 0 Å². The van der Waals surface area contributed by atoms with E-state index in [-0.39, 0.29) is 36.6 Å². The fourth-order valence-electron chi connectivity index (χ4n) is 7.74. The van der Waals surface area contributed by atoms with Crippen LogP contribution in [0.1, 0.15) is 81.5 Å². The summed E-state index contributed by atoms with van der Waals surface area (Å²) in [6.07, 6.45) is 6.29. The molecule has 4 aromatic rings. The predicted octanol–water partition coefficient (Wildman–Crippen LogP) is 4.92. The van der Waals surface area contributed by atoms with Crippen molar-refractivity contribution < 1.29 is 19.8 Å². The highest BCUT2D eigenvalue weighted by Gasteiger charge is 2.35. The minimum atomic E-state index is -0.289. The first kappa shape index (κ1) is 33.1. The van der Waals surface area contributed by atoms with Crippen molar-refractivity contribution in [3.63, 3.8) is 0 Å². The van der Waals surface area contributed by atoms with Gasteiger partial charge in [-0.05, 0) is 105 Å². The Morgan fingerprint density at radius 2 is 1.55 bits per heavy atom. The topological polar surface area (TPSA) is 136 Å². The largest absolute Gasteiger partial charge is 0.395 e. The Bertz CT molecular complexity index is 1840. The van der Waals surface area contributed by atoms with Gasteiger partial charge in [-0.25, -0.2) is 0 Å². The second kappa shape index (κ2) is 14.2. The fraction of sp³-hybridized carbons (Fsp3) is 0.421. The third-order valence-electron chi connectivity index (χ3n) is 10.4. The molecule has 256 valence electrons. The maximum atomic E-state index is 13.6. The number of aromatic nitrogens is 3. The molecule has 3 aliphatic rings. The lowest BCUT2D eigenvalue weighted by atomic mass is 9.94.